The molecule has 5 nitrogen and oxygen atoms in total. The highest BCUT2D eigenvalue weighted by molar-refractivity contribution is 9.10. The summed E-state index contributed by atoms with van der Waals surface area (Å²) < 4.78 is 25.6. The molecule has 1 heterocycles. The zero-order valence-electron chi connectivity index (χ0n) is 14.6. The van der Waals surface area contributed by atoms with Crippen LogP contribution in [0.1, 0.15) is 18.0 Å². The highest BCUT2D eigenvalue weighted by Crippen LogP contribution is 2.33. The van der Waals surface area contributed by atoms with Crippen LogP contribution in [0.4, 0.5) is 14.9 Å². The third-order valence-electron chi connectivity index (χ3n) is 4.21. The van der Waals surface area contributed by atoms with Crippen molar-refractivity contribution in [2.24, 2.45) is 0 Å². The SMILES string of the molecule is CS(=O)c1cc(NC(=O)N2C=CC(=O)CC2c2ccc(F)cc2)c(Br)cc1Cl. The molecule has 1 aliphatic heterocycles. The van der Waals surface area contributed by atoms with E-state index >= 15 is 0 Å². The van der Waals surface area contributed by atoms with Gasteiger partial charge in [-0.2, -0.15) is 0 Å². The second-order valence-electron chi connectivity index (χ2n) is 6.11. The molecule has 0 saturated carbocycles. The van der Waals surface area contributed by atoms with E-state index in [1.54, 1.807) is 18.2 Å². The van der Waals surface area contributed by atoms with Crippen molar-refractivity contribution < 1.29 is 18.2 Å². The molecular formula is C19H15BrClFN2O3S. The topological polar surface area (TPSA) is 66.5 Å². The van der Waals surface area contributed by atoms with Gasteiger partial charge in [-0.1, -0.05) is 23.7 Å². The third kappa shape index (κ3) is 4.51. The number of benzene rings is 2. The van der Waals surface area contributed by atoms with Crippen LogP contribution in [0.5, 0.6) is 0 Å². The van der Waals surface area contributed by atoms with Crippen molar-refractivity contribution >= 4 is 55.8 Å². The lowest BCUT2D eigenvalue weighted by Gasteiger charge is -2.31. The molecule has 0 bridgehead atoms. The lowest BCUT2D eigenvalue weighted by atomic mass is 9.97. The molecule has 28 heavy (non-hydrogen) atoms. The lowest BCUT2D eigenvalue weighted by Crippen LogP contribution is -2.37. The fraction of sp³-hybridized carbons (Fsp3) is 0.158. The van der Waals surface area contributed by atoms with Gasteiger partial charge in [0.05, 0.1) is 32.4 Å². The Morgan fingerprint density at radius 3 is 2.64 bits per heavy atom. The Labute approximate surface area is 177 Å². The predicted octanol–water partition coefficient (Wildman–Crippen LogP) is 5.04. The quantitative estimate of drug-likeness (QED) is 0.662. The van der Waals surface area contributed by atoms with Crippen LogP contribution < -0.4 is 5.32 Å². The molecule has 1 aliphatic rings. The zero-order chi connectivity index (χ0) is 20.4. The van der Waals surface area contributed by atoms with E-state index in [9.17, 15) is 18.2 Å². The fourth-order valence-electron chi connectivity index (χ4n) is 2.82. The number of nitrogens with zero attached hydrogens (tertiary/aromatic N) is 1. The highest BCUT2D eigenvalue weighted by Gasteiger charge is 2.29. The number of rotatable bonds is 3. The summed E-state index contributed by atoms with van der Waals surface area (Å²) in [6, 6.07) is 7.69. The molecule has 2 aromatic rings. The van der Waals surface area contributed by atoms with E-state index < -0.39 is 28.7 Å². The molecule has 0 spiro atoms. The minimum absolute atomic E-state index is 0.0849. The zero-order valence-corrected chi connectivity index (χ0v) is 17.8. The number of amides is 2. The molecule has 2 aromatic carbocycles. The van der Waals surface area contributed by atoms with E-state index in [1.807, 2.05) is 0 Å². The van der Waals surface area contributed by atoms with E-state index in [2.05, 4.69) is 21.2 Å². The summed E-state index contributed by atoms with van der Waals surface area (Å²) in [6.07, 6.45) is 4.30. The molecular weight excluding hydrogens is 471 g/mol. The summed E-state index contributed by atoms with van der Waals surface area (Å²) >= 11 is 9.42. The van der Waals surface area contributed by atoms with Crippen LogP contribution in [-0.4, -0.2) is 27.2 Å². The van der Waals surface area contributed by atoms with Gasteiger partial charge in [0.1, 0.15) is 5.82 Å². The van der Waals surface area contributed by atoms with Gasteiger partial charge in [-0.05, 0) is 51.8 Å². The smallest absolute Gasteiger partial charge is 0.306 e. The van der Waals surface area contributed by atoms with Crippen LogP contribution >= 0.6 is 27.5 Å². The van der Waals surface area contributed by atoms with Gasteiger partial charge in [0.15, 0.2) is 5.78 Å². The fourth-order valence-corrected chi connectivity index (χ4v) is 4.50. The molecule has 146 valence electrons. The Morgan fingerprint density at radius 1 is 1.32 bits per heavy atom. The van der Waals surface area contributed by atoms with Gasteiger partial charge in [-0.15, -0.1) is 0 Å². The molecule has 1 N–H and O–H groups in total. The predicted molar refractivity (Wildman–Crippen MR) is 110 cm³/mol. The maximum atomic E-state index is 13.2. The maximum Gasteiger partial charge on any atom is 0.326 e. The molecule has 3 rings (SSSR count). The molecule has 2 amide bonds. The summed E-state index contributed by atoms with van der Waals surface area (Å²) in [6.45, 7) is 0. The Kier molecular flexibility index (Phi) is 6.32. The van der Waals surface area contributed by atoms with Crippen LogP contribution in [0, 0.1) is 5.82 Å². The number of urea groups is 1. The van der Waals surface area contributed by atoms with Crippen LogP contribution in [-0.2, 0) is 15.6 Å². The van der Waals surface area contributed by atoms with Crippen LogP contribution in [0.15, 0.2) is 58.0 Å². The summed E-state index contributed by atoms with van der Waals surface area (Å²) in [5, 5.41) is 3.06. The number of nitrogens with one attached hydrogen (secondary N) is 1. The second-order valence-corrected chi connectivity index (χ2v) is 8.72. The Bertz CT molecular complexity index is 997. The van der Waals surface area contributed by atoms with Gasteiger partial charge in [0.2, 0.25) is 0 Å². The minimum Gasteiger partial charge on any atom is -0.306 e. The van der Waals surface area contributed by atoms with Crippen molar-refractivity contribution in [3.05, 3.63) is 69.6 Å². The molecule has 0 radical (unpaired) electrons. The molecule has 0 aromatic heterocycles. The van der Waals surface area contributed by atoms with E-state index in [-0.39, 0.29) is 12.2 Å². The Balaban J connectivity index is 1.91. The first kappa shape index (κ1) is 20.7. The first-order chi connectivity index (χ1) is 13.3. The molecule has 0 saturated heterocycles. The molecule has 2 unspecified atom stereocenters. The van der Waals surface area contributed by atoms with Crippen LogP contribution in [0.3, 0.4) is 0 Å². The van der Waals surface area contributed by atoms with Gasteiger partial charge in [0, 0.05) is 23.3 Å². The summed E-state index contributed by atoms with van der Waals surface area (Å²) in [4.78, 5) is 26.5. The Hall–Kier alpha value is -2.03. The second kappa shape index (κ2) is 8.55. The van der Waals surface area contributed by atoms with Crippen LogP contribution in [0.2, 0.25) is 5.02 Å². The van der Waals surface area contributed by atoms with Gasteiger partial charge in [-0.3, -0.25) is 13.9 Å². The van der Waals surface area contributed by atoms with Gasteiger partial charge in [0.25, 0.3) is 0 Å². The molecule has 0 fully saturated rings. The number of carbonyl (C=O) groups is 2. The van der Waals surface area contributed by atoms with Crippen molar-refractivity contribution in [1.82, 2.24) is 4.90 Å². The molecule has 2 atom stereocenters. The summed E-state index contributed by atoms with van der Waals surface area (Å²) in [5.41, 5.74) is 1.03. The van der Waals surface area contributed by atoms with Crippen molar-refractivity contribution in [2.75, 3.05) is 11.6 Å². The van der Waals surface area contributed by atoms with Crippen LogP contribution in [0.25, 0.3) is 0 Å². The number of allylic oxidation sites excluding steroid dienone is 1. The van der Waals surface area contributed by atoms with E-state index in [4.69, 9.17) is 11.6 Å². The van der Waals surface area contributed by atoms with E-state index in [0.717, 1.165) is 0 Å². The highest BCUT2D eigenvalue weighted by atomic mass is 79.9. The average molecular weight is 486 g/mol. The number of ketones is 1. The van der Waals surface area contributed by atoms with E-state index in [1.165, 1.54) is 41.6 Å². The normalized spacial score (nSPS) is 17.5. The average Bonchev–Trinajstić information content (AvgIpc) is 2.64. The number of anilines is 1. The number of hydrogen-bond acceptors (Lipinski definition) is 3. The van der Waals surface area contributed by atoms with Gasteiger partial charge in [-0.25, -0.2) is 9.18 Å². The maximum absolute atomic E-state index is 13.2. The number of halogens is 3. The van der Waals surface area contributed by atoms with Crippen molar-refractivity contribution in [3.8, 4) is 0 Å². The van der Waals surface area contributed by atoms with Gasteiger partial charge >= 0.3 is 6.03 Å². The first-order valence-corrected chi connectivity index (χ1v) is 10.9. The largest absolute Gasteiger partial charge is 0.326 e. The third-order valence-corrected chi connectivity index (χ3v) is 6.25. The summed E-state index contributed by atoms with van der Waals surface area (Å²) in [7, 11) is -1.33. The lowest BCUT2D eigenvalue weighted by molar-refractivity contribution is -0.116. The molecule has 0 aliphatic carbocycles. The summed E-state index contributed by atoms with van der Waals surface area (Å²) in [5.74, 6) is -0.530. The standard InChI is InChI=1S/C19H15BrClFN2O3S/c1-28(27)18-10-16(14(20)9-15(18)21)23-19(26)24-7-6-13(25)8-17(24)11-2-4-12(22)5-3-11/h2-7,9-10,17H,8H2,1H3,(H,23,26). The monoisotopic (exact) mass is 484 g/mol. The van der Waals surface area contributed by atoms with Crippen molar-refractivity contribution in [2.45, 2.75) is 17.4 Å². The van der Waals surface area contributed by atoms with Gasteiger partial charge < -0.3 is 5.32 Å². The van der Waals surface area contributed by atoms with E-state index in [0.29, 0.717) is 25.6 Å². The molecule has 9 heteroatoms. The Morgan fingerprint density at radius 2 is 2.00 bits per heavy atom. The minimum atomic E-state index is -1.33. The van der Waals surface area contributed by atoms with Crippen molar-refractivity contribution in [3.63, 3.8) is 0 Å². The number of carbonyl (C=O) groups excluding carboxylic acids is 2. The number of hydrogen-bond donors (Lipinski definition) is 1. The van der Waals surface area contributed by atoms with Crippen molar-refractivity contribution in [1.29, 1.82) is 0 Å². The first-order valence-electron chi connectivity index (χ1n) is 8.14.